The van der Waals surface area contributed by atoms with Gasteiger partial charge in [0.05, 0.1) is 9.90 Å². The predicted molar refractivity (Wildman–Crippen MR) is 52.2 cm³/mol. The molecule has 0 saturated carbocycles. The minimum absolute atomic E-state index is 0.0896. The van der Waals surface area contributed by atoms with Crippen LogP contribution in [-0.2, 0) is 0 Å². The first-order valence-corrected chi connectivity index (χ1v) is 4.74. The van der Waals surface area contributed by atoms with Crippen molar-refractivity contribution >= 4 is 39.3 Å². The van der Waals surface area contributed by atoms with E-state index in [0.29, 0.717) is 10.3 Å². The number of aldehydes is 1. The van der Waals surface area contributed by atoms with Crippen molar-refractivity contribution in [1.29, 1.82) is 0 Å². The molecule has 0 radical (unpaired) electrons. The summed E-state index contributed by atoms with van der Waals surface area (Å²) in [4.78, 5) is 11.0. The molecule has 0 aliphatic carbocycles. The van der Waals surface area contributed by atoms with E-state index in [4.69, 9.17) is 11.6 Å². The van der Waals surface area contributed by atoms with Gasteiger partial charge in [-0.1, -0.05) is 11.6 Å². The molecule has 1 nitrogen and oxygen atoms in total. The molecular formula is C9H4ClFOS. The maximum Gasteiger partial charge on any atom is 0.160 e. The van der Waals surface area contributed by atoms with Gasteiger partial charge in [0.2, 0.25) is 0 Å². The average Bonchev–Trinajstić information content (AvgIpc) is 2.48. The van der Waals surface area contributed by atoms with E-state index in [-0.39, 0.29) is 5.02 Å². The molecule has 0 spiro atoms. The number of carbonyl (C=O) groups is 1. The Morgan fingerprint density at radius 1 is 1.38 bits per heavy atom. The van der Waals surface area contributed by atoms with Gasteiger partial charge in [-0.3, -0.25) is 4.79 Å². The van der Waals surface area contributed by atoms with Crippen LogP contribution in [0.4, 0.5) is 4.39 Å². The lowest BCUT2D eigenvalue weighted by Gasteiger charge is -1.92. The van der Waals surface area contributed by atoms with Crippen LogP contribution in [0, 0.1) is 5.82 Å². The number of rotatable bonds is 1. The molecule has 2 rings (SSSR count). The second-order valence-corrected chi connectivity index (χ2v) is 4.09. The van der Waals surface area contributed by atoms with Crippen molar-refractivity contribution in [3.05, 3.63) is 33.9 Å². The summed E-state index contributed by atoms with van der Waals surface area (Å²) in [5.74, 6) is -0.454. The van der Waals surface area contributed by atoms with Crippen molar-refractivity contribution in [3.8, 4) is 0 Å². The summed E-state index contributed by atoms with van der Waals surface area (Å²) in [7, 11) is 0. The van der Waals surface area contributed by atoms with Gasteiger partial charge in [0, 0.05) is 4.70 Å². The van der Waals surface area contributed by atoms with Crippen molar-refractivity contribution in [2.45, 2.75) is 0 Å². The number of carbonyl (C=O) groups excluding carboxylic acids is 1. The molecule has 0 aliphatic rings. The van der Waals surface area contributed by atoms with Crippen molar-refractivity contribution in [2.75, 3.05) is 0 Å². The van der Waals surface area contributed by atoms with Crippen LogP contribution >= 0.6 is 22.9 Å². The topological polar surface area (TPSA) is 17.1 Å². The molecule has 0 atom stereocenters. The fourth-order valence-corrected chi connectivity index (χ4v) is 2.24. The molecule has 66 valence electrons. The van der Waals surface area contributed by atoms with Gasteiger partial charge in [0.15, 0.2) is 6.29 Å². The van der Waals surface area contributed by atoms with E-state index in [9.17, 15) is 9.18 Å². The zero-order valence-corrected chi connectivity index (χ0v) is 7.95. The third kappa shape index (κ3) is 1.45. The van der Waals surface area contributed by atoms with Gasteiger partial charge in [0.1, 0.15) is 5.82 Å². The summed E-state index contributed by atoms with van der Waals surface area (Å²) in [5.41, 5.74) is 0. The quantitative estimate of drug-likeness (QED) is 0.664. The van der Waals surface area contributed by atoms with Crippen LogP contribution in [0.25, 0.3) is 10.1 Å². The summed E-state index contributed by atoms with van der Waals surface area (Å²) in [6.07, 6.45) is 0.747. The second-order valence-electron chi connectivity index (χ2n) is 2.57. The zero-order chi connectivity index (χ0) is 9.42. The van der Waals surface area contributed by atoms with Crippen LogP contribution < -0.4 is 0 Å². The standard InChI is InChI=1S/C9H4ClFOS/c10-7-3-9-5(2-8(7)11)1-6(4-12)13-9/h1-4H. The fraction of sp³-hybridized carbons (Fsp3) is 0. The first kappa shape index (κ1) is 8.66. The van der Waals surface area contributed by atoms with Gasteiger partial charge in [0.25, 0.3) is 0 Å². The largest absolute Gasteiger partial charge is 0.297 e. The van der Waals surface area contributed by atoms with Crippen LogP contribution in [0.15, 0.2) is 18.2 Å². The first-order valence-electron chi connectivity index (χ1n) is 3.54. The van der Waals surface area contributed by atoms with Crippen LogP contribution in [0.3, 0.4) is 0 Å². The van der Waals surface area contributed by atoms with Gasteiger partial charge in [-0.15, -0.1) is 11.3 Å². The molecule has 0 fully saturated rings. The SMILES string of the molecule is O=Cc1cc2cc(F)c(Cl)cc2s1. The third-order valence-electron chi connectivity index (χ3n) is 1.69. The molecule has 2 aromatic rings. The molecule has 1 aromatic heterocycles. The number of hydrogen-bond donors (Lipinski definition) is 0. The van der Waals surface area contributed by atoms with Crippen molar-refractivity contribution < 1.29 is 9.18 Å². The summed E-state index contributed by atoms with van der Waals surface area (Å²) in [6.45, 7) is 0. The number of fused-ring (bicyclic) bond motifs is 1. The van der Waals surface area contributed by atoms with E-state index in [0.717, 1.165) is 11.0 Å². The molecule has 0 unspecified atom stereocenters. The molecular weight excluding hydrogens is 211 g/mol. The van der Waals surface area contributed by atoms with Gasteiger partial charge < -0.3 is 0 Å². The number of benzene rings is 1. The Kier molecular flexibility index (Phi) is 2.06. The molecule has 0 saturated heterocycles. The summed E-state index contributed by atoms with van der Waals surface area (Å²) < 4.78 is 13.8. The van der Waals surface area contributed by atoms with Crippen LogP contribution in [0.5, 0.6) is 0 Å². The average molecular weight is 215 g/mol. The highest BCUT2D eigenvalue weighted by Gasteiger charge is 2.05. The summed E-state index contributed by atoms with van der Waals surface area (Å²) in [5, 5.41) is 0.806. The predicted octanol–water partition coefficient (Wildman–Crippen LogP) is 3.51. The lowest BCUT2D eigenvalue weighted by Crippen LogP contribution is -1.73. The monoisotopic (exact) mass is 214 g/mol. The van der Waals surface area contributed by atoms with Crippen LogP contribution in [0.2, 0.25) is 5.02 Å². The maximum atomic E-state index is 12.9. The van der Waals surface area contributed by atoms with Crippen molar-refractivity contribution in [2.24, 2.45) is 0 Å². The molecule has 4 heteroatoms. The highest BCUT2D eigenvalue weighted by molar-refractivity contribution is 7.20. The number of halogens is 2. The lowest BCUT2D eigenvalue weighted by molar-refractivity contribution is 0.112. The molecule has 1 heterocycles. The van der Waals surface area contributed by atoms with Crippen LogP contribution in [0.1, 0.15) is 9.67 Å². The van der Waals surface area contributed by atoms with E-state index in [1.54, 1.807) is 6.07 Å². The van der Waals surface area contributed by atoms with Gasteiger partial charge in [-0.2, -0.15) is 0 Å². The Bertz CT molecular complexity index is 439. The molecule has 13 heavy (non-hydrogen) atoms. The van der Waals surface area contributed by atoms with E-state index in [1.807, 2.05) is 0 Å². The van der Waals surface area contributed by atoms with E-state index < -0.39 is 5.82 Å². The Morgan fingerprint density at radius 2 is 2.15 bits per heavy atom. The maximum absolute atomic E-state index is 12.9. The first-order chi connectivity index (χ1) is 6.20. The third-order valence-corrected chi connectivity index (χ3v) is 3.01. The highest BCUT2D eigenvalue weighted by atomic mass is 35.5. The van der Waals surface area contributed by atoms with Gasteiger partial charge in [-0.05, 0) is 23.6 Å². The molecule has 1 aromatic carbocycles. The normalized spacial score (nSPS) is 10.6. The number of hydrogen-bond acceptors (Lipinski definition) is 2. The Labute approximate surface area is 82.7 Å². The zero-order valence-electron chi connectivity index (χ0n) is 6.38. The Hall–Kier alpha value is -0.930. The summed E-state index contributed by atoms with van der Waals surface area (Å²) in [6, 6.07) is 4.51. The fourth-order valence-electron chi connectivity index (χ4n) is 1.11. The smallest absolute Gasteiger partial charge is 0.160 e. The van der Waals surface area contributed by atoms with Crippen molar-refractivity contribution in [3.63, 3.8) is 0 Å². The Morgan fingerprint density at radius 3 is 2.85 bits per heavy atom. The second kappa shape index (κ2) is 3.09. The number of thiophene rings is 1. The molecule has 0 bridgehead atoms. The van der Waals surface area contributed by atoms with E-state index in [2.05, 4.69) is 0 Å². The Balaban J connectivity index is 2.77. The van der Waals surface area contributed by atoms with Crippen molar-refractivity contribution in [1.82, 2.24) is 0 Å². The van der Waals surface area contributed by atoms with E-state index >= 15 is 0 Å². The highest BCUT2D eigenvalue weighted by Crippen LogP contribution is 2.29. The molecule has 0 amide bonds. The summed E-state index contributed by atoms with van der Waals surface area (Å²) >= 11 is 6.88. The van der Waals surface area contributed by atoms with E-state index in [1.165, 1.54) is 23.5 Å². The van der Waals surface area contributed by atoms with Crippen LogP contribution in [-0.4, -0.2) is 6.29 Å². The lowest BCUT2D eigenvalue weighted by atomic mass is 10.2. The van der Waals surface area contributed by atoms with Gasteiger partial charge in [-0.25, -0.2) is 4.39 Å². The molecule has 0 N–H and O–H groups in total. The minimum atomic E-state index is -0.454. The van der Waals surface area contributed by atoms with Gasteiger partial charge >= 0.3 is 0 Å². The minimum Gasteiger partial charge on any atom is -0.297 e. The molecule has 0 aliphatic heterocycles.